The first kappa shape index (κ1) is 19.6. The fourth-order valence-electron chi connectivity index (χ4n) is 2.71. The minimum atomic E-state index is -0.262. The number of H-pyrrole nitrogens is 1. The lowest BCUT2D eigenvalue weighted by atomic mass is 10.1. The Morgan fingerprint density at radius 2 is 2.00 bits per heavy atom. The Kier molecular flexibility index (Phi) is 5.96. The molecule has 27 heavy (non-hydrogen) atoms. The van der Waals surface area contributed by atoms with E-state index in [0.717, 1.165) is 20.8 Å². The number of amides is 1. The molecule has 2 atom stereocenters. The largest absolute Gasteiger partial charge is 0.349 e. The second kappa shape index (κ2) is 8.22. The summed E-state index contributed by atoms with van der Waals surface area (Å²) in [4.78, 5) is 38.0. The number of carbonyl (C=O) groups is 1. The van der Waals surface area contributed by atoms with Crippen LogP contribution in [0.1, 0.15) is 41.7 Å². The van der Waals surface area contributed by atoms with Crippen LogP contribution < -0.4 is 10.9 Å². The van der Waals surface area contributed by atoms with Crippen molar-refractivity contribution in [2.24, 2.45) is 0 Å². The van der Waals surface area contributed by atoms with Gasteiger partial charge >= 0.3 is 0 Å². The number of aromatic nitrogens is 3. The molecule has 0 aromatic carbocycles. The summed E-state index contributed by atoms with van der Waals surface area (Å²) in [5, 5.41) is 3.41. The molecular formula is C19H22N4O2S2. The number of hydrogen-bond acceptors (Lipinski definition) is 6. The highest BCUT2D eigenvalue weighted by molar-refractivity contribution is 7.99. The standard InChI is InChI=1S/C19H22N4O2S2/c1-10-12(3)27-19-16(10)18(25)22-15(23-19)9-26-13(4)17(24)21-11(2)14-5-7-20-8-6-14/h5-8,11,13H,9H2,1-4H3,(H,21,24)(H,22,23,25). The molecule has 3 aromatic rings. The van der Waals surface area contributed by atoms with Gasteiger partial charge < -0.3 is 10.3 Å². The zero-order valence-corrected chi connectivity index (χ0v) is 17.3. The van der Waals surface area contributed by atoms with Gasteiger partial charge in [0.2, 0.25) is 5.91 Å². The molecule has 0 radical (unpaired) electrons. The van der Waals surface area contributed by atoms with Crippen molar-refractivity contribution in [2.45, 2.75) is 44.7 Å². The summed E-state index contributed by atoms with van der Waals surface area (Å²) in [6, 6.07) is 3.69. The fourth-order valence-corrected chi connectivity index (χ4v) is 4.53. The van der Waals surface area contributed by atoms with Gasteiger partial charge in [0.05, 0.1) is 22.4 Å². The minimum absolute atomic E-state index is 0.0458. The van der Waals surface area contributed by atoms with E-state index in [1.807, 2.05) is 39.8 Å². The van der Waals surface area contributed by atoms with E-state index >= 15 is 0 Å². The molecule has 0 aliphatic carbocycles. The summed E-state index contributed by atoms with van der Waals surface area (Å²) < 4.78 is 0. The molecule has 0 aliphatic rings. The van der Waals surface area contributed by atoms with Crippen LogP contribution in [-0.2, 0) is 10.5 Å². The normalized spacial score (nSPS) is 13.5. The van der Waals surface area contributed by atoms with Crippen molar-refractivity contribution in [3.05, 3.63) is 56.7 Å². The fraction of sp³-hybridized carbons (Fsp3) is 0.368. The van der Waals surface area contributed by atoms with E-state index in [2.05, 4.69) is 20.3 Å². The summed E-state index contributed by atoms with van der Waals surface area (Å²) in [5.41, 5.74) is 1.89. The van der Waals surface area contributed by atoms with Crippen molar-refractivity contribution >= 4 is 39.2 Å². The quantitative estimate of drug-likeness (QED) is 0.659. The Bertz CT molecular complexity index is 1010. The first-order valence-electron chi connectivity index (χ1n) is 8.67. The van der Waals surface area contributed by atoms with Gasteiger partial charge in [0.25, 0.3) is 5.56 Å². The molecule has 0 spiro atoms. The summed E-state index contributed by atoms with van der Waals surface area (Å²) >= 11 is 2.98. The zero-order valence-electron chi connectivity index (χ0n) is 15.7. The van der Waals surface area contributed by atoms with Crippen LogP contribution in [-0.4, -0.2) is 26.1 Å². The third-order valence-electron chi connectivity index (χ3n) is 4.49. The van der Waals surface area contributed by atoms with Crippen LogP contribution in [0.2, 0.25) is 0 Å². The molecule has 1 amide bonds. The van der Waals surface area contributed by atoms with Gasteiger partial charge in [-0.25, -0.2) is 4.98 Å². The highest BCUT2D eigenvalue weighted by Gasteiger charge is 2.18. The second-order valence-electron chi connectivity index (χ2n) is 6.44. The molecule has 8 heteroatoms. The van der Waals surface area contributed by atoms with Gasteiger partial charge in [-0.05, 0) is 51.0 Å². The van der Waals surface area contributed by atoms with Crippen LogP contribution in [0.5, 0.6) is 0 Å². The monoisotopic (exact) mass is 402 g/mol. The minimum Gasteiger partial charge on any atom is -0.349 e. The Labute approximate surface area is 165 Å². The van der Waals surface area contributed by atoms with E-state index in [1.54, 1.807) is 12.4 Å². The lowest BCUT2D eigenvalue weighted by Crippen LogP contribution is -2.33. The molecule has 0 saturated carbocycles. The highest BCUT2D eigenvalue weighted by atomic mass is 32.2. The first-order chi connectivity index (χ1) is 12.9. The number of hydrogen-bond donors (Lipinski definition) is 2. The van der Waals surface area contributed by atoms with Crippen LogP contribution in [0.15, 0.2) is 29.3 Å². The number of fused-ring (bicyclic) bond motifs is 1. The molecule has 6 nitrogen and oxygen atoms in total. The molecule has 3 rings (SSSR count). The molecular weight excluding hydrogens is 380 g/mol. The van der Waals surface area contributed by atoms with E-state index in [9.17, 15) is 9.59 Å². The summed E-state index contributed by atoms with van der Waals surface area (Å²) in [5.74, 6) is 1.02. The van der Waals surface area contributed by atoms with Crippen LogP contribution in [0.3, 0.4) is 0 Å². The van der Waals surface area contributed by atoms with E-state index in [4.69, 9.17) is 0 Å². The SMILES string of the molecule is Cc1sc2nc(CSC(C)C(=O)NC(C)c3ccncc3)[nH]c(=O)c2c1C. The zero-order chi connectivity index (χ0) is 19.6. The van der Waals surface area contributed by atoms with Gasteiger partial charge in [-0.1, -0.05) is 0 Å². The van der Waals surface area contributed by atoms with E-state index < -0.39 is 0 Å². The first-order valence-corrected chi connectivity index (χ1v) is 10.5. The van der Waals surface area contributed by atoms with E-state index in [1.165, 1.54) is 23.1 Å². The number of aromatic amines is 1. The molecule has 142 valence electrons. The smallest absolute Gasteiger partial charge is 0.259 e. The van der Waals surface area contributed by atoms with Crippen LogP contribution in [0.25, 0.3) is 10.2 Å². The van der Waals surface area contributed by atoms with Crippen LogP contribution >= 0.6 is 23.1 Å². The van der Waals surface area contributed by atoms with Gasteiger partial charge in [0, 0.05) is 17.3 Å². The maximum Gasteiger partial charge on any atom is 0.259 e. The number of thioether (sulfide) groups is 1. The van der Waals surface area contributed by atoms with E-state index in [0.29, 0.717) is 17.0 Å². The average molecular weight is 403 g/mol. The third-order valence-corrected chi connectivity index (χ3v) is 6.75. The maximum atomic E-state index is 12.4. The summed E-state index contributed by atoms with van der Waals surface area (Å²) in [6.45, 7) is 7.73. The summed E-state index contributed by atoms with van der Waals surface area (Å²) in [7, 11) is 0. The predicted octanol–water partition coefficient (Wildman–Crippen LogP) is 3.50. The third kappa shape index (κ3) is 4.39. The molecule has 2 N–H and O–H groups in total. The Hall–Kier alpha value is -2.19. The number of rotatable bonds is 6. The topological polar surface area (TPSA) is 87.7 Å². The van der Waals surface area contributed by atoms with Gasteiger partial charge in [0.15, 0.2) is 0 Å². The van der Waals surface area contributed by atoms with Crippen molar-refractivity contribution < 1.29 is 4.79 Å². The second-order valence-corrected chi connectivity index (χ2v) is 8.97. The molecule has 2 unspecified atom stereocenters. The number of aryl methyl sites for hydroxylation is 2. The maximum absolute atomic E-state index is 12.4. The van der Waals surface area contributed by atoms with Gasteiger partial charge in [-0.2, -0.15) is 0 Å². The van der Waals surface area contributed by atoms with Crippen LogP contribution in [0, 0.1) is 13.8 Å². The lowest BCUT2D eigenvalue weighted by molar-refractivity contribution is -0.120. The average Bonchev–Trinajstić information content (AvgIpc) is 2.94. The van der Waals surface area contributed by atoms with Gasteiger partial charge in [-0.15, -0.1) is 23.1 Å². The molecule has 3 heterocycles. The molecule has 0 bridgehead atoms. The molecule has 0 fully saturated rings. The Morgan fingerprint density at radius 3 is 2.70 bits per heavy atom. The van der Waals surface area contributed by atoms with Crippen LogP contribution in [0.4, 0.5) is 0 Å². The van der Waals surface area contributed by atoms with Crippen molar-refractivity contribution in [1.82, 2.24) is 20.3 Å². The Balaban J connectivity index is 1.63. The van der Waals surface area contributed by atoms with E-state index in [-0.39, 0.29) is 22.8 Å². The number of nitrogens with zero attached hydrogens (tertiary/aromatic N) is 2. The molecule has 3 aromatic heterocycles. The van der Waals surface area contributed by atoms with Crippen molar-refractivity contribution in [2.75, 3.05) is 0 Å². The predicted molar refractivity (Wildman–Crippen MR) is 111 cm³/mol. The number of nitrogens with one attached hydrogen (secondary N) is 2. The molecule has 0 aliphatic heterocycles. The highest BCUT2D eigenvalue weighted by Crippen LogP contribution is 2.26. The number of thiophene rings is 1. The van der Waals surface area contributed by atoms with Crippen molar-refractivity contribution in [1.29, 1.82) is 0 Å². The molecule has 0 saturated heterocycles. The lowest BCUT2D eigenvalue weighted by Gasteiger charge is -2.17. The van der Waals surface area contributed by atoms with Gasteiger partial charge in [-0.3, -0.25) is 14.6 Å². The van der Waals surface area contributed by atoms with Gasteiger partial charge in [0.1, 0.15) is 10.7 Å². The summed E-state index contributed by atoms with van der Waals surface area (Å²) in [6.07, 6.45) is 3.42. The van der Waals surface area contributed by atoms with Crippen molar-refractivity contribution in [3.8, 4) is 0 Å². The number of pyridine rings is 1. The van der Waals surface area contributed by atoms with Crippen molar-refractivity contribution in [3.63, 3.8) is 0 Å². The number of carbonyl (C=O) groups excluding carboxylic acids is 1. The Morgan fingerprint density at radius 1 is 1.30 bits per heavy atom.